The molecule has 58 heavy (non-hydrogen) atoms. The van der Waals surface area contributed by atoms with Crippen LogP contribution >= 0.6 is 0 Å². The molecule has 0 fully saturated rings. The number of methoxy groups -OCH3 is 3. The molecule has 4 rings (SSSR count). The summed E-state index contributed by atoms with van der Waals surface area (Å²) in [6.07, 6.45) is -0.520. The lowest BCUT2D eigenvalue weighted by Gasteiger charge is -2.24. The van der Waals surface area contributed by atoms with Gasteiger partial charge >= 0.3 is 23.9 Å². The normalized spacial score (nSPS) is 12.2. The molecule has 3 unspecified atom stereocenters. The highest BCUT2D eigenvalue weighted by molar-refractivity contribution is 5.94. The molecule has 0 aliphatic heterocycles. The standard InChI is InChI=1S/C43H48FN3O11/c1-54-33-17-7-28(8-18-33)26-38(30-13-21-35(56-3)22-14-30)58-42(52)37(23-24-39(48)49)47-43(53)46-36(41(51)57-27-29-9-19-34(55-2)20-10-29)6-4-5-25-45-40(50)31-11-15-32(44)16-12-31/h7-22,36-38H,4-6,23-27H2,1-3H3,(H,45,50)(H,48,49)(H2,46,47,53). The number of carbonyl (C=O) groups is 5. The molecule has 0 aliphatic rings. The molecule has 0 bridgehead atoms. The van der Waals surface area contributed by atoms with E-state index < -0.39 is 60.3 Å². The number of esters is 2. The van der Waals surface area contributed by atoms with Crippen molar-refractivity contribution >= 4 is 29.8 Å². The van der Waals surface area contributed by atoms with Crippen LogP contribution in [-0.4, -0.2) is 74.9 Å². The van der Waals surface area contributed by atoms with E-state index in [1.165, 1.54) is 38.5 Å². The largest absolute Gasteiger partial charge is 0.497 e. The first-order valence-corrected chi connectivity index (χ1v) is 18.6. The number of ether oxygens (including phenoxy) is 5. The Labute approximate surface area is 336 Å². The minimum atomic E-state index is -1.41. The first-order valence-electron chi connectivity index (χ1n) is 18.6. The van der Waals surface area contributed by atoms with Crippen molar-refractivity contribution in [3.63, 3.8) is 0 Å². The Morgan fingerprint density at radius 1 is 0.655 bits per heavy atom. The van der Waals surface area contributed by atoms with Crippen LogP contribution in [0.15, 0.2) is 97.1 Å². The first kappa shape index (κ1) is 44.1. The number of rotatable bonds is 22. The number of unbranched alkanes of at least 4 members (excludes halogenated alkanes) is 1. The van der Waals surface area contributed by atoms with Crippen molar-refractivity contribution < 1.29 is 57.2 Å². The van der Waals surface area contributed by atoms with Gasteiger partial charge in [0.1, 0.15) is 47.9 Å². The van der Waals surface area contributed by atoms with Crippen LogP contribution in [-0.2, 0) is 36.9 Å². The Morgan fingerprint density at radius 3 is 1.74 bits per heavy atom. The van der Waals surface area contributed by atoms with Crippen LogP contribution in [0.1, 0.15) is 65.3 Å². The summed E-state index contributed by atoms with van der Waals surface area (Å²) in [5.41, 5.74) is 2.39. The molecule has 0 radical (unpaired) electrons. The zero-order valence-electron chi connectivity index (χ0n) is 32.5. The lowest BCUT2D eigenvalue weighted by molar-refractivity contribution is -0.152. The van der Waals surface area contributed by atoms with Gasteiger partial charge < -0.3 is 44.7 Å². The summed E-state index contributed by atoms with van der Waals surface area (Å²) in [7, 11) is 4.60. The molecule has 0 saturated carbocycles. The molecular weight excluding hydrogens is 753 g/mol. The maximum atomic E-state index is 13.8. The number of hydrogen-bond donors (Lipinski definition) is 4. The Morgan fingerprint density at radius 2 is 1.19 bits per heavy atom. The number of benzene rings is 4. The molecule has 14 nitrogen and oxygen atoms in total. The van der Waals surface area contributed by atoms with E-state index >= 15 is 0 Å². The second-order valence-corrected chi connectivity index (χ2v) is 13.1. The van der Waals surface area contributed by atoms with Crippen LogP contribution in [0.4, 0.5) is 9.18 Å². The molecule has 4 aromatic rings. The van der Waals surface area contributed by atoms with E-state index in [1.807, 2.05) is 12.1 Å². The van der Waals surface area contributed by atoms with Crippen molar-refractivity contribution in [1.82, 2.24) is 16.0 Å². The van der Waals surface area contributed by atoms with E-state index in [4.69, 9.17) is 23.7 Å². The molecule has 15 heteroatoms. The van der Waals surface area contributed by atoms with Gasteiger partial charge in [-0.1, -0.05) is 36.4 Å². The molecule has 0 saturated heterocycles. The summed E-state index contributed by atoms with van der Waals surface area (Å²) in [4.78, 5) is 64.7. The van der Waals surface area contributed by atoms with Gasteiger partial charge in [-0.3, -0.25) is 9.59 Å². The van der Waals surface area contributed by atoms with Crippen LogP contribution in [0.25, 0.3) is 0 Å². The first-order chi connectivity index (χ1) is 28.0. The van der Waals surface area contributed by atoms with E-state index in [-0.39, 0.29) is 38.0 Å². The van der Waals surface area contributed by atoms with Crippen molar-refractivity contribution in [3.8, 4) is 17.2 Å². The Kier molecular flexibility index (Phi) is 17.3. The third-order valence-corrected chi connectivity index (χ3v) is 9.00. The van der Waals surface area contributed by atoms with Gasteiger partial charge in [-0.05, 0) is 103 Å². The van der Waals surface area contributed by atoms with Gasteiger partial charge in [0.15, 0.2) is 0 Å². The third kappa shape index (κ3) is 14.5. The monoisotopic (exact) mass is 801 g/mol. The minimum absolute atomic E-state index is 0.0902. The SMILES string of the molecule is COc1ccc(COC(=O)C(CCCCNC(=O)c2ccc(F)cc2)NC(=O)NC(CCC(=O)O)C(=O)OC(Cc2ccc(OC)cc2)c2ccc(OC)cc2)cc1. The summed E-state index contributed by atoms with van der Waals surface area (Å²) in [5.74, 6) is -1.87. The molecular formula is C43H48FN3O11. The number of urea groups is 1. The summed E-state index contributed by atoms with van der Waals surface area (Å²) in [6, 6.07) is 22.5. The predicted octanol–water partition coefficient (Wildman–Crippen LogP) is 5.92. The lowest BCUT2D eigenvalue weighted by Crippen LogP contribution is -2.52. The molecule has 0 aromatic heterocycles. The number of carboxylic acid groups (broad SMARTS) is 1. The molecule has 4 N–H and O–H groups in total. The summed E-state index contributed by atoms with van der Waals surface area (Å²) < 4.78 is 40.5. The molecule has 0 aliphatic carbocycles. The van der Waals surface area contributed by atoms with Crippen LogP contribution in [0.2, 0.25) is 0 Å². The summed E-state index contributed by atoms with van der Waals surface area (Å²) in [6.45, 7) is 0.121. The van der Waals surface area contributed by atoms with Gasteiger partial charge in [0.25, 0.3) is 5.91 Å². The van der Waals surface area contributed by atoms with Crippen LogP contribution in [0.3, 0.4) is 0 Å². The topological polar surface area (TPSA) is 188 Å². The van der Waals surface area contributed by atoms with Crippen LogP contribution < -0.4 is 30.2 Å². The van der Waals surface area contributed by atoms with Gasteiger partial charge in [-0.2, -0.15) is 0 Å². The number of nitrogens with one attached hydrogen (secondary N) is 3. The van der Waals surface area contributed by atoms with E-state index in [9.17, 15) is 33.5 Å². The number of carbonyl (C=O) groups excluding carboxylic acids is 4. The number of hydrogen-bond acceptors (Lipinski definition) is 10. The Balaban J connectivity index is 1.45. The second kappa shape index (κ2) is 22.8. The van der Waals surface area contributed by atoms with E-state index in [2.05, 4.69) is 16.0 Å². The number of amides is 3. The average Bonchev–Trinajstić information content (AvgIpc) is 3.23. The quantitative estimate of drug-likeness (QED) is 0.0546. The van der Waals surface area contributed by atoms with Gasteiger partial charge in [0, 0.05) is 24.9 Å². The fourth-order valence-electron chi connectivity index (χ4n) is 5.72. The predicted molar refractivity (Wildman–Crippen MR) is 210 cm³/mol. The van der Waals surface area contributed by atoms with Crippen LogP contribution in [0, 0.1) is 5.82 Å². The third-order valence-electron chi connectivity index (χ3n) is 9.00. The second-order valence-electron chi connectivity index (χ2n) is 13.1. The number of halogens is 1. The van der Waals surface area contributed by atoms with E-state index in [1.54, 1.807) is 67.8 Å². The van der Waals surface area contributed by atoms with Gasteiger partial charge in [0.05, 0.1) is 21.3 Å². The maximum absolute atomic E-state index is 13.8. The van der Waals surface area contributed by atoms with E-state index in [0.717, 1.165) is 5.56 Å². The van der Waals surface area contributed by atoms with Crippen molar-refractivity contribution in [2.75, 3.05) is 27.9 Å². The Bertz CT molecular complexity index is 1940. The van der Waals surface area contributed by atoms with Crippen molar-refractivity contribution in [2.45, 2.75) is 63.3 Å². The number of carboxylic acids is 1. The minimum Gasteiger partial charge on any atom is -0.497 e. The van der Waals surface area contributed by atoms with Gasteiger partial charge in [0.2, 0.25) is 0 Å². The highest BCUT2D eigenvalue weighted by atomic mass is 19.1. The summed E-state index contributed by atoms with van der Waals surface area (Å²) >= 11 is 0. The van der Waals surface area contributed by atoms with E-state index in [0.29, 0.717) is 41.2 Å². The maximum Gasteiger partial charge on any atom is 0.329 e. The molecule has 0 heterocycles. The van der Waals surface area contributed by atoms with Crippen molar-refractivity contribution in [2.24, 2.45) is 0 Å². The Hall–Kier alpha value is -6.64. The van der Waals surface area contributed by atoms with Gasteiger partial charge in [-0.25, -0.2) is 18.8 Å². The van der Waals surface area contributed by atoms with Crippen molar-refractivity contribution in [3.05, 3.63) is 125 Å². The highest BCUT2D eigenvalue weighted by Gasteiger charge is 2.29. The zero-order valence-corrected chi connectivity index (χ0v) is 32.5. The molecule has 4 aromatic carbocycles. The van der Waals surface area contributed by atoms with Crippen molar-refractivity contribution in [1.29, 1.82) is 0 Å². The molecule has 3 amide bonds. The van der Waals surface area contributed by atoms with Crippen LogP contribution in [0.5, 0.6) is 17.2 Å². The number of aliphatic carboxylic acids is 1. The summed E-state index contributed by atoms with van der Waals surface area (Å²) in [5, 5.41) is 17.3. The lowest BCUT2D eigenvalue weighted by atomic mass is 10.0. The fourth-order valence-corrected chi connectivity index (χ4v) is 5.72. The molecule has 308 valence electrons. The zero-order chi connectivity index (χ0) is 41.9. The smallest absolute Gasteiger partial charge is 0.329 e. The molecule has 0 spiro atoms. The fraction of sp³-hybridized carbons (Fsp3) is 0.326. The average molecular weight is 802 g/mol. The highest BCUT2D eigenvalue weighted by Crippen LogP contribution is 2.27. The molecule has 3 atom stereocenters. The van der Waals surface area contributed by atoms with Gasteiger partial charge in [-0.15, -0.1) is 0 Å².